The molecule has 5 heteroatoms. The molecular formula is C14H17NO3S. The van der Waals surface area contributed by atoms with Gasteiger partial charge < -0.3 is 14.7 Å². The first-order chi connectivity index (χ1) is 9.24. The summed E-state index contributed by atoms with van der Waals surface area (Å²) in [4.78, 5) is 14.9. The fourth-order valence-corrected chi connectivity index (χ4v) is 2.76. The molecule has 19 heavy (non-hydrogen) atoms. The number of aliphatic hydroxyl groups excluding tert-OH is 1. The minimum Gasteiger partial charge on any atom is -0.395 e. The van der Waals surface area contributed by atoms with Gasteiger partial charge in [0.05, 0.1) is 23.2 Å². The van der Waals surface area contributed by atoms with Crippen LogP contribution >= 0.6 is 11.3 Å². The molecule has 1 saturated heterocycles. The first-order valence-electron chi connectivity index (χ1n) is 6.25. The zero-order chi connectivity index (χ0) is 13.7. The average molecular weight is 279 g/mol. The topological polar surface area (TPSA) is 49.8 Å². The van der Waals surface area contributed by atoms with Gasteiger partial charge in [0.25, 0.3) is 5.91 Å². The van der Waals surface area contributed by atoms with Crippen molar-refractivity contribution >= 4 is 17.2 Å². The number of ether oxygens (including phenoxy) is 1. The number of methoxy groups -OCH3 is 1. The van der Waals surface area contributed by atoms with Gasteiger partial charge in [0.2, 0.25) is 0 Å². The number of hydrogen-bond acceptors (Lipinski definition) is 4. The van der Waals surface area contributed by atoms with Crippen LogP contribution in [0.1, 0.15) is 28.1 Å². The standard InChI is InChI=1S/C14H17NO3S/c1-18-12-5-6-15(9-12)14(17)11-8-13(19-10-11)4-2-3-7-16/h8,10,12,16H,3,5-7,9H2,1H3. The van der Waals surface area contributed by atoms with E-state index in [1.165, 1.54) is 11.3 Å². The number of carbonyl (C=O) groups is 1. The number of carbonyl (C=O) groups excluding carboxylic acids is 1. The molecule has 1 aromatic heterocycles. The molecule has 1 fully saturated rings. The lowest BCUT2D eigenvalue weighted by Crippen LogP contribution is -2.29. The molecule has 0 radical (unpaired) electrons. The van der Waals surface area contributed by atoms with E-state index < -0.39 is 0 Å². The lowest BCUT2D eigenvalue weighted by Gasteiger charge is -2.14. The molecule has 1 unspecified atom stereocenters. The number of thiophene rings is 1. The van der Waals surface area contributed by atoms with Crippen molar-refractivity contribution in [3.8, 4) is 11.8 Å². The van der Waals surface area contributed by atoms with E-state index >= 15 is 0 Å². The van der Waals surface area contributed by atoms with Gasteiger partial charge in [-0.05, 0) is 12.5 Å². The summed E-state index contributed by atoms with van der Waals surface area (Å²) in [7, 11) is 1.68. The molecule has 0 aromatic carbocycles. The summed E-state index contributed by atoms with van der Waals surface area (Å²) in [6.45, 7) is 1.48. The highest BCUT2D eigenvalue weighted by atomic mass is 32.1. The van der Waals surface area contributed by atoms with E-state index in [0.29, 0.717) is 18.5 Å². The normalized spacial score (nSPS) is 18.2. The lowest BCUT2D eigenvalue weighted by molar-refractivity contribution is 0.0724. The van der Waals surface area contributed by atoms with Crippen LogP contribution in [0.15, 0.2) is 11.4 Å². The Bertz CT molecular complexity index is 500. The molecule has 0 saturated carbocycles. The summed E-state index contributed by atoms with van der Waals surface area (Å²) in [6, 6.07) is 1.82. The van der Waals surface area contributed by atoms with Gasteiger partial charge in [-0.25, -0.2) is 0 Å². The van der Waals surface area contributed by atoms with Crippen LogP contribution in [0.5, 0.6) is 0 Å². The van der Waals surface area contributed by atoms with Crippen molar-refractivity contribution in [2.45, 2.75) is 18.9 Å². The van der Waals surface area contributed by atoms with Crippen LogP contribution < -0.4 is 0 Å². The summed E-state index contributed by atoms with van der Waals surface area (Å²) in [5, 5.41) is 10.5. The molecule has 1 aliphatic heterocycles. The predicted octanol–water partition coefficient (Wildman–Crippen LogP) is 1.34. The van der Waals surface area contributed by atoms with Crippen molar-refractivity contribution in [1.82, 2.24) is 4.90 Å². The molecule has 1 atom stereocenters. The van der Waals surface area contributed by atoms with E-state index in [4.69, 9.17) is 9.84 Å². The fraction of sp³-hybridized carbons (Fsp3) is 0.500. The largest absolute Gasteiger partial charge is 0.395 e. The van der Waals surface area contributed by atoms with Crippen molar-refractivity contribution in [3.63, 3.8) is 0 Å². The second kappa shape index (κ2) is 6.71. The maximum Gasteiger partial charge on any atom is 0.254 e. The van der Waals surface area contributed by atoms with Crippen LogP contribution in [0.25, 0.3) is 0 Å². The zero-order valence-corrected chi connectivity index (χ0v) is 11.7. The van der Waals surface area contributed by atoms with Crippen molar-refractivity contribution in [1.29, 1.82) is 0 Å². The molecule has 102 valence electrons. The number of likely N-dealkylation sites (tertiary alicyclic amines) is 1. The summed E-state index contributed by atoms with van der Waals surface area (Å²) in [6.07, 6.45) is 1.52. The van der Waals surface area contributed by atoms with Crippen LogP contribution in [0, 0.1) is 11.8 Å². The van der Waals surface area contributed by atoms with E-state index in [9.17, 15) is 4.79 Å². The minimum atomic E-state index is 0.0472. The second-order valence-corrected chi connectivity index (χ2v) is 5.28. The van der Waals surface area contributed by atoms with Gasteiger partial charge in [-0.15, -0.1) is 11.3 Å². The van der Waals surface area contributed by atoms with Crippen molar-refractivity contribution in [2.24, 2.45) is 0 Å². The summed E-state index contributed by atoms with van der Waals surface area (Å²) >= 11 is 1.46. The molecule has 0 aliphatic carbocycles. The van der Waals surface area contributed by atoms with Gasteiger partial charge in [-0.1, -0.05) is 11.8 Å². The monoisotopic (exact) mass is 279 g/mol. The van der Waals surface area contributed by atoms with Crippen molar-refractivity contribution < 1.29 is 14.6 Å². The zero-order valence-electron chi connectivity index (χ0n) is 10.9. The van der Waals surface area contributed by atoms with Crippen LogP contribution in [0.2, 0.25) is 0 Å². The fourth-order valence-electron chi connectivity index (χ4n) is 2.01. The second-order valence-electron chi connectivity index (χ2n) is 4.37. The van der Waals surface area contributed by atoms with Gasteiger partial charge in [0, 0.05) is 32.0 Å². The molecule has 1 amide bonds. The third-order valence-corrected chi connectivity index (χ3v) is 3.91. The van der Waals surface area contributed by atoms with E-state index in [1.54, 1.807) is 7.11 Å². The molecular weight excluding hydrogens is 262 g/mol. The van der Waals surface area contributed by atoms with Gasteiger partial charge in [0.1, 0.15) is 0 Å². The molecule has 0 bridgehead atoms. The summed E-state index contributed by atoms with van der Waals surface area (Å²) < 4.78 is 5.26. The van der Waals surface area contributed by atoms with Crippen molar-refractivity contribution in [2.75, 3.05) is 26.8 Å². The Morgan fingerprint density at radius 2 is 2.53 bits per heavy atom. The molecule has 1 aromatic rings. The first-order valence-corrected chi connectivity index (χ1v) is 7.13. The van der Waals surface area contributed by atoms with E-state index in [1.807, 2.05) is 16.3 Å². The molecule has 4 nitrogen and oxygen atoms in total. The number of aliphatic hydroxyl groups is 1. The van der Waals surface area contributed by atoms with Crippen LogP contribution in [0.4, 0.5) is 0 Å². The SMILES string of the molecule is COC1CCN(C(=O)c2csc(C#CCCO)c2)C1. The van der Waals surface area contributed by atoms with Gasteiger partial charge in [-0.3, -0.25) is 4.79 Å². The van der Waals surface area contributed by atoms with E-state index in [2.05, 4.69) is 11.8 Å². The number of amides is 1. The third kappa shape index (κ3) is 3.57. The predicted molar refractivity (Wildman–Crippen MR) is 74.2 cm³/mol. The van der Waals surface area contributed by atoms with Crippen LogP contribution in [0.3, 0.4) is 0 Å². The van der Waals surface area contributed by atoms with E-state index in [-0.39, 0.29) is 18.6 Å². The Morgan fingerprint density at radius 1 is 1.68 bits per heavy atom. The Kier molecular flexibility index (Phi) is 4.97. The molecule has 1 aliphatic rings. The molecule has 0 spiro atoms. The summed E-state index contributed by atoms with van der Waals surface area (Å²) in [5.41, 5.74) is 0.690. The number of rotatable bonds is 3. The minimum absolute atomic E-state index is 0.0472. The highest BCUT2D eigenvalue weighted by molar-refractivity contribution is 7.10. The van der Waals surface area contributed by atoms with Crippen LogP contribution in [-0.4, -0.2) is 48.8 Å². The number of hydrogen-bond donors (Lipinski definition) is 1. The Hall–Kier alpha value is -1.35. The van der Waals surface area contributed by atoms with Gasteiger partial charge in [0.15, 0.2) is 0 Å². The summed E-state index contributed by atoms with van der Waals surface area (Å²) in [5.74, 6) is 5.85. The van der Waals surface area contributed by atoms with Crippen molar-refractivity contribution in [3.05, 3.63) is 21.9 Å². The van der Waals surface area contributed by atoms with Crippen LogP contribution in [-0.2, 0) is 4.74 Å². The molecule has 2 rings (SSSR count). The molecule has 2 heterocycles. The highest BCUT2D eigenvalue weighted by Crippen LogP contribution is 2.19. The molecule has 1 N–H and O–H groups in total. The Morgan fingerprint density at radius 3 is 3.21 bits per heavy atom. The Labute approximate surface area is 117 Å². The third-order valence-electron chi connectivity index (χ3n) is 3.06. The average Bonchev–Trinajstić information content (AvgIpc) is 3.07. The van der Waals surface area contributed by atoms with Gasteiger partial charge in [-0.2, -0.15) is 0 Å². The van der Waals surface area contributed by atoms with E-state index in [0.717, 1.165) is 17.8 Å². The first kappa shape index (κ1) is 14.1. The maximum atomic E-state index is 12.2. The Balaban J connectivity index is 1.99. The lowest BCUT2D eigenvalue weighted by atomic mass is 10.2. The quantitative estimate of drug-likeness (QED) is 0.850. The smallest absolute Gasteiger partial charge is 0.254 e. The maximum absolute atomic E-state index is 12.2. The highest BCUT2D eigenvalue weighted by Gasteiger charge is 2.27. The number of nitrogens with zero attached hydrogens (tertiary/aromatic N) is 1. The van der Waals surface area contributed by atoms with Gasteiger partial charge >= 0.3 is 0 Å².